The van der Waals surface area contributed by atoms with Crippen molar-refractivity contribution in [1.29, 1.82) is 0 Å². The zero-order valence-electron chi connectivity index (χ0n) is 19.9. The van der Waals surface area contributed by atoms with Crippen LogP contribution in [0.15, 0.2) is 65.5 Å². The number of benzene rings is 3. The van der Waals surface area contributed by atoms with Gasteiger partial charge in [0.15, 0.2) is 16.5 Å². The molecule has 0 atom stereocenters. The lowest BCUT2D eigenvalue weighted by atomic mass is 10.1. The van der Waals surface area contributed by atoms with Gasteiger partial charge in [0, 0.05) is 6.42 Å². The standard InChI is InChI=1S/C28H26N2O4S/c1-18-9-11-21(15-19(18)2)33-13-6-14-34-24-12-10-20(16-25(24)32-3)17-26-27(31)30-23-8-5-4-7-22(23)29-28(30)35-26/h4-5,7-12,15-17H,6,13-14H2,1-3H3/b26-17-. The molecule has 0 N–H and O–H groups in total. The molecular formula is C28H26N2O4S. The van der Waals surface area contributed by atoms with E-state index in [1.807, 2.05) is 54.6 Å². The van der Waals surface area contributed by atoms with Gasteiger partial charge in [0.25, 0.3) is 5.56 Å². The number of nitrogens with zero attached hydrogens (tertiary/aromatic N) is 2. The predicted molar refractivity (Wildman–Crippen MR) is 140 cm³/mol. The molecule has 0 unspecified atom stereocenters. The summed E-state index contributed by atoms with van der Waals surface area (Å²) in [5, 5.41) is 0. The van der Waals surface area contributed by atoms with Crippen LogP contribution in [0.25, 0.3) is 22.1 Å². The van der Waals surface area contributed by atoms with Crippen molar-refractivity contribution in [3.63, 3.8) is 0 Å². The van der Waals surface area contributed by atoms with Gasteiger partial charge in [-0.15, -0.1) is 0 Å². The molecular weight excluding hydrogens is 460 g/mol. The minimum Gasteiger partial charge on any atom is -0.493 e. The van der Waals surface area contributed by atoms with Crippen LogP contribution in [0, 0.1) is 13.8 Å². The Morgan fingerprint density at radius 3 is 2.60 bits per heavy atom. The van der Waals surface area contributed by atoms with Crippen LogP contribution in [0.3, 0.4) is 0 Å². The van der Waals surface area contributed by atoms with Crippen LogP contribution < -0.4 is 24.3 Å². The lowest BCUT2D eigenvalue weighted by Gasteiger charge is -2.12. The van der Waals surface area contributed by atoms with Crippen LogP contribution in [-0.2, 0) is 0 Å². The summed E-state index contributed by atoms with van der Waals surface area (Å²) in [5.41, 5.74) is 4.91. The van der Waals surface area contributed by atoms with Crippen LogP contribution in [-0.4, -0.2) is 29.7 Å². The summed E-state index contributed by atoms with van der Waals surface area (Å²) in [6, 6.07) is 19.4. The normalized spacial score (nSPS) is 11.9. The van der Waals surface area contributed by atoms with Crippen molar-refractivity contribution in [2.75, 3.05) is 20.3 Å². The second-order valence-electron chi connectivity index (χ2n) is 8.34. The summed E-state index contributed by atoms with van der Waals surface area (Å²) in [4.78, 5) is 18.3. The summed E-state index contributed by atoms with van der Waals surface area (Å²) >= 11 is 1.38. The number of ether oxygens (including phenoxy) is 3. The molecule has 0 amide bonds. The van der Waals surface area contributed by atoms with E-state index >= 15 is 0 Å². The van der Waals surface area contributed by atoms with E-state index < -0.39 is 0 Å². The van der Waals surface area contributed by atoms with E-state index in [1.165, 1.54) is 22.5 Å². The molecule has 2 heterocycles. The molecule has 0 aliphatic rings. The summed E-state index contributed by atoms with van der Waals surface area (Å²) in [5.74, 6) is 2.15. The highest BCUT2D eigenvalue weighted by molar-refractivity contribution is 7.15. The molecule has 7 heteroatoms. The Morgan fingerprint density at radius 1 is 0.943 bits per heavy atom. The summed E-state index contributed by atoms with van der Waals surface area (Å²) in [6.45, 7) is 5.24. The zero-order chi connectivity index (χ0) is 24.4. The highest BCUT2D eigenvalue weighted by Crippen LogP contribution is 2.28. The molecule has 178 valence electrons. The second kappa shape index (κ2) is 9.80. The maximum atomic E-state index is 13.0. The monoisotopic (exact) mass is 486 g/mol. The lowest BCUT2D eigenvalue weighted by molar-refractivity contribution is 0.240. The Balaban J connectivity index is 1.27. The molecule has 6 nitrogen and oxygen atoms in total. The van der Waals surface area contributed by atoms with E-state index in [9.17, 15) is 4.79 Å². The van der Waals surface area contributed by atoms with Gasteiger partial charge in [0.2, 0.25) is 0 Å². The molecule has 5 aromatic rings. The molecule has 0 saturated heterocycles. The molecule has 2 aromatic heterocycles. The Labute approximate surface area is 207 Å². The highest BCUT2D eigenvalue weighted by Gasteiger charge is 2.11. The van der Waals surface area contributed by atoms with Crippen molar-refractivity contribution in [2.45, 2.75) is 20.3 Å². The summed E-state index contributed by atoms with van der Waals surface area (Å²) < 4.78 is 19.6. The summed E-state index contributed by atoms with van der Waals surface area (Å²) in [7, 11) is 1.61. The van der Waals surface area contributed by atoms with Crippen molar-refractivity contribution in [2.24, 2.45) is 0 Å². The third-order valence-corrected chi connectivity index (χ3v) is 6.89. The van der Waals surface area contributed by atoms with Crippen LogP contribution in [0.4, 0.5) is 0 Å². The first kappa shape index (κ1) is 22.9. The summed E-state index contributed by atoms with van der Waals surface area (Å²) in [6.07, 6.45) is 2.60. The minimum atomic E-state index is -0.0678. The number of rotatable bonds is 8. The zero-order valence-corrected chi connectivity index (χ0v) is 20.7. The van der Waals surface area contributed by atoms with Gasteiger partial charge in [-0.05, 0) is 73.0 Å². The van der Waals surface area contributed by atoms with Gasteiger partial charge in [0.1, 0.15) is 5.75 Å². The van der Waals surface area contributed by atoms with E-state index in [0.717, 1.165) is 28.8 Å². The Bertz CT molecular complexity index is 1620. The van der Waals surface area contributed by atoms with E-state index in [1.54, 1.807) is 11.5 Å². The number of aryl methyl sites for hydroxylation is 2. The van der Waals surface area contributed by atoms with Gasteiger partial charge in [-0.1, -0.05) is 35.6 Å². The number of fused-ring (bicyclic) bond motifs is 3. The average Bonchev–Trinajstić information content (AvgIpc) is 3.37. The third-order valence-electron chi connectivity index (χ3n) is 5.92. The van der Waals surface area contributed by atoms with Crippen LogP contribution in [0.5, 0.6) is 17.2 Å². The number of thiazole rings is 1. The second-order valence-corrected chi connectivity index (χ2v) is 9.35. The maximum absolute atomic E-state index is 13.0. The van der Waals surface area contributed by atoms with E-state index in [-0.39, 0.29) is 5.56 Å². The number of hydrogen-bond acceptors (Lipinski definition) is 6. The fourth-order valence-corrected chi connectivity index (χ4v) is 4.88. The third kappa shape index (κ3) is 4.72. The fraction of sp³-hybridized carbons (Fsp3) is 0.214. The van der Waals surface area contributed by atoms with Crippen molar-refractivity contribution in [3.8, 4) is 17.2 Å². The lowest BCUT2D eigenvalue weighted by Crippen LogP contribution is -2.22. The van der Waals surface area contributed by atoms with Gasteiger partial charge in [-0.25, -0.2) is 9.38 Å². The SMILES string of the molecule is COc1cc(/C=c2\sc3nc4ccccc4n3c2=O)ccc1OCCCOc1ccc(C)c(C)c1. The molecule has 0 aliphatic carbocycles. The van der Waals surface area contributed by atoms with Crippen LogP contribution in [0.2, 0.25) is 0 Å². The van der Waals surface area contributed by atoms with Crippen molar-refractivity contribution in [1.82, 2.24) is 9.38 Å². The number of methoxy groups -OCH3 is 1. The average molecular weight is 487 g/mol. The van der Waals surface area contributed by atoms with Gasteiger partial charge in [-0.2, -0.15) is 0 Å². The fourth-order valence-electron chi connectivity index (χ4n) is 3.89. The molecule has 0 aliphatic heterocycles. The van der Waals surface area contributed by atoms with Gasteiger partial charge >= 0.3 is 0 Å². The molecule has 0 bridgehead atoms. The first-order valence-corrected chi connectivity index (χ1v) is 12.3. The molecule has 0 spiro atoms. The molecule has 5 rings (SSSR count). The largest absolute Gasteiger partial charge is 0.493 e. The quantitative estimate of drug-likeness (QED) is 0.291. The number of imidazole rings is 1. The smallest absolute Gasteiger partial charge is 0.274 e. The Kier molecular flexibility index (Phi) is 6.42. The first-order valence-electron chi connectivity index (χ1n) is 11.5. The molecule has 3 aromatic carbocycles. The van der Waals surface area contributed by atoms with E-state index in [4.69, 9.17) is 14.2 Å². The van der Waals surface area contributed by atoms with Crippen molar-refractivity contribution in [3.05, 3.63) is 92.2 Å². The van der Waals surface area contributed by atoms with Crippen LogP contribution >= 0.6 is 11.3 Å². The van der Waals surface area contributed by atoms with Gasteiger partial charge in [0.05, 0.1) is 35.9 Å². The Hall–Kier alpha value is -3.84. The van der Waals surface area contributed by atoms with Gasteiger partial charge in [-0.3, -0.25) is 4.79 Å². The minimum absolute atomic E-state index is 0.0678. The van der Waals surface area contributed by atoms with E-state index in [0.29, 0.717) is 34.2 Å². The molecule has 35 heavy (non-hydrogen) atoms. The molecule has 0 radical (unpaired) electrons. The highest BCUT2D eigenvalue weighted by atomic mass is 32.1. The maximum Gasteiger partial charge on any atom is 0.274 e. The molecule has 0 fully saturated rings. The predicted octanol–water partition coefficient (Wildman–Crippen LogP) is 4.93. The van der Waals surface area contributed by atoms with Gasteiger partial charge < -0.3 is 14.2 Å². The Morgan fingerprint density at radius 2 is 1.77 bits per heavy atom. The van der Waals surface area contributed by atoms with E-state index in [2.05, 4.69) is 31.0 Å². The number of aromatic nitrogens is 2. The number of hydrogen-bond donors (Lipinski definition) is 0. The molecule has 0 saturated carbocycles. The van der Waals surface area contributed by atoms with Crippen LogP contribution in [0.1, 0.15) is 23.1 Å². The van der Waals surface area contributed by atoms with Crippen molar-refractivity contribution >= 4 is 33.4 Å². The number of para-hydroxylation sites is 2. The van der Waals surface area contributed by atoms with Crippen molar-refractivity contribution < 1.29 is 14.2 Å². The first-order chi connectivity index (χ1) is 17.0. The topological polar surface area (TPSA) is 62.1 Å².